The molecule has 0 aliphatic carbocycles. The average molecular weight is 208 g/mol. The fourth-order valence-corrected chi connectivity index (χ4v) is 2.07. The van der Waals surface area contributed by atoms with E-state index in [9.17, 15) is 4.39 Å². The molecule has 1 aromatic carbocycles. The van der Waals surface area contributed by atoms with Crippen LogP contribution < -0.4 is 5.32 Å². The second-order valence-corrected chi connectivity index (χ2v) is 4.25. The summed E-state index contributed by atoms with van der Waals surface area (Å²) >= 11 is 0. The molecule has 2 nitrogen and oxygen atoms in total. The molecule has 1 atom stereocenters. The van der Waals surface area contributed by atoms with Gasteiger partial charge >= 0.3 is 0 Å². The molecule has 0 amide bonds. The summed E-state index contributed by atoms with van der Waals surface area (Å²) in [6, 6.07) is 7.08. The summed E-state index contributed by atoms with van der Waals surface area (Å²) in [4.78, 5) is 2.32. The smallest absolute Gasteiger partial charge is 0.123 e. The normalized spacial score (nSPS) is 22.7. The van der Waals surface area contributed by atoms with Crippen molar-refractivity contribution in [2.45, 2.75) is 18.9 Å². The van der Waals surface area contributed by atoms with E-state index in [1.54, 1.807) is 12.1 Å². The number of hydrogen-bond acceptors (Lipinski definition) is 2. The van der Waals surface area contributed by atoms with E-state index >= 15 is 0 Å². The number of piperidine rings is 1. The van der Waals surface area contributed by atoms with Crippen LogP contribution in [0.4, 0.5) is 10.1 Å². The average Bonchev–Trinajstić information content (AvgIpc) is 2.22. The minimum atomic E-state index is -0.179. The van der Waals surface area contributed by atoms with E-state index in [2.05, 4.69) is 17.3 Å². The number of likely N-dealkylation sites (N-methyl/N-ethyl adjacent to an activating group) is 1. The molecule has 3 heteroatoms. The molecular weight excluding hydrogens is 191 g/mol. The number of rotatable bonds is 2. The van der Waals surface area contributed by atoms with Gasteiger partial charge in [0.1, 0.15) is 5.82 Å². The van der Waals surface area contributed by atoms with Crippen LogP contribution in [-0.2, 0) is 0 Å². The maximum Gasteiger partial charge on any atom is 0.123 e. The summed E-state index contributed by atoms with van der Waals surface area (Å²) in [5.41, 5.74) is 1.01. The number of nitrogens with zero attached hydrogens (tertiary/aromatic N) is 1. The Morgan fingerprint density at radius 1 is 1.33 bits per heavy atom. The van der Waals surface area contributed by atoms with Crippen LogP contribution in [0.5, 0.6) is 0 Å². The summed E-state index contributed by atoms with van der Waals surface area (Å²) in [6.45, 7) is 2.25. The van der Waals surface area contributed by atoms with Gasteiger partial charge in [-0.1, -0.05) is 0 Å². The van der Waals surface area contributed by atoms with Crippen LogP contribution in [0.25, 0.3) is 0 Å². The van der Waals surface area contributed by atoms with Crippen molar-refractivity contribution in [3.63, 3.8) is 0 Å². The molecule has 15 heavy (non-hydrogen) atoms. The number of likely N-dealkylation sites (tertiary alicyclic amines) is 1. The first kappa shape index (κ1) is 10.4. The van der Waals surface area contributed by atoms with E-state index in [0.717, 1.165) is 12.2 Å². The lowest BCUT2D eigenvalue weighted by molar-refractivity contribution is 0.261. The molecule has 1 heterocycles. The Bertz CT molecular complexity index is 310. The number of halogens is 1. The van der Waals surface area contributed by atoms with Gasteiger partial charge in [-0.25, -0.2) is 4.39 Å². The predicted molar refractivity (Wildman–Crippen MR) is 60.5 cm³/mol. The summed E-state index contributed by atoms with van der Waals surface area (Å²) in [5, 5.41) is 3.43. The van der Waals surface area contributed by atoms with Gasteiger partial charge in [0.2, 0.25) is 0 Å². The zero-order valence-corrected chi connectivity index (χ0v) is 9.04. The van der Waals surface area contributed by atoms with Crippen LogP contribution in [0.15, 0.2) is 24.3 Å². The van der Waals surface area contributed by atoms with Crippen molar-refractivity contribution >= 4 is 5.69 Å². The quantitative estimate of drug-likeness (QED) is 0.802. The van der Waals surface area contributed by atoms with E-state index in [1.807, 2.05) is 0 Å². The Hall–Kier alpha value is -1.09. The van der Waals surface area contributed by atoms with Crippen molar-refractivity contribution in [1.29, 1.82) is 0 Å². The zero-order chi connectivity index (χ0) is 10.7. The van der Waals surface area contributed by atoms with Crippen molar-refractivity contribution in [2.24, 2.45) is 0 Å². The Morgan fingerprint density at radius 3 is 2.73 bits per heavy atom. The van der Waals surface area contributed by atoms with Gasteiger partial charge in [0.15, 0.2) is 0 Å². The standard InChI is InChI=1S/C12H17FN2/c1-15-8-2-3-12(9-15)14-11-6-4-10(13)5-7-11/h4-7,12,14H,2-3,8-9H2,1H3. The molecule has 1 aliphatic heterocycles. The molecule has 1 aliphatic rings. The highest BCUT2D eigenvalue weighted by atomic mass is 19.1. The number of benzene rings is 1. The zero-order valence-electron chi connectivity index (χ0n) is 9.04. The molecule has 0 saturated carbocycles. The largest absolute Gasteiger partial charge is 0.381 e. The first-order valence-electron chi connectivity index (χ1n) is 5.45. The van der Waals surface area contributed by atoms with Gasteiger partial charge in [0, 0.05) is 18.3 Å². The highest BCUT2D eigenvalue weighted by Gasteiger charge is 2.16. The maximum absolute atomic E-state index is 12.7. The molecule has 0 spiro atoms. The van der Waals surface area contributed by atoms with Crippen LogP contribution in [0.1, 0.15) is 12.8 Å². The van der Waals surface area contributed by atoms with Gasteiger partial charge in [0.05, 0.1) is 0 Å². The fraction of sp³-hybridized carbons (Fsp3) is 0.500. The first-order valence-corrected chi connectivity index (χ1v) is 5.45. The highest BCUT2D eigenvalue weighted by Crippen LogP contribution is 2.15. The summed E-state index contributed by atoms with van der Waals surface area (Å²) in [5.74, 6) is -0.179. The van der Waals surface area contributed by atoms with Gasteiger partial charge in [-0.15, -0.1) is 0 Å². The molecule has 0 aromatic heterocycles. The van der Waals surface area contributed by atoms with E-state index in [1.165, 1.54) is 31.5 Å². The lowest BCUT2D eigenvalue weighted by atomic mass is 10.1. The monoisotopic (exact) mass is 208 g/mol. The molecule has 0 radical (unpaired) electrons. The van der Waals surface area contributed by atoms with Crippen LogP contribution in [-0.4, -0.2) is 31.1 Å². The molecule has 1 aromatic rings. The van der Waals surface area contributed by atoms with Crippen LogP contribution >= 0.6 is 0 Å². The minimum absolute atomic E-state index is 0.179. The van der Waals surface area contributed by atoms with E-state index in [-0.39, 0.29) is 5.82 Å². The Morgan fingerprint density at radius 2 is 2.07 bits per heavy atom. The third kappa shape index (κ3) is 2.93. The molecule has 1 unspecified atom stereocenters. The van der Waals surface area contributed by atoms with Crippen molar-refractivity contribution in [3.8, 4) is 0 Å². The minimum Gasteiger partial charge on any atom is -0.381 e. The second kappa shape index (κ2) is 4.62. The van der Waals surface area contributed by atoms with E-state index < -0.39 is 0 Å². The van der Waals surface area contributed by atoms with Gasteiger partial charge in [-0.3, -0.25) is 0 Å². The highest BCUT2D eigenvalue weighted by molar-refractivity contribution is 5.43. The Labute approximate surface area is 90.1 Å². The van der Waals surface area contributed by atoms with Crippen LogP contribution in [0.3, 0.4) is 0 Å². The molecule has 1 N–H and O–H groups in total. The van der Waals surface area contributed by atoms with Gasteiger partial charge in [-0.2, -0.15) is 0 Å². The van der Waals surface area contributed by atoms with Gasteiger partial charge in [-0.05, 0) is 50.7 Å². The SMILES string of the molecule is CN1CCCC(Nc2ccc(F)cc2)C1. The molecule has 0 bridgehead atoms. The van der Waals surface area contributed by atoms with E-state index in [4.69, 9.17) is 0 Å². The fourth-order valence-electron chi connectivity index (χ4n) is 2.07. The Kier molecular flexibility index (Phi) is 3.21. The summed E-state index contributed by atoms with van der Waals surface area (Å²) in [6.07, 6.45) is 2.43. The lowest BCUT2D eigenvalue weighted by Crippen LogP contribution is -2.39. The molecular formula is C12H17FN2. The number of hydrogen-bond donors (Lipinski definition) is 1. The molecule has 2 rings (SSSR count). The van der Waals surface area contributed by atoms with Crippen molar-refractivity contribution in [3.05, 3.63) is 30.1 Å². The number of anilines is 1. The van der Waals surface area contributed by atoms with Crippen molar-refractivity contribution in [2.75, 3.05) is 25.5 Å². The Balaban J connectivity index is 1.93. The summed E-state index contributed by atoms with van der Waals surface area (Å²) in [7, 11) is 2.14. The third-order valence-electron chi connectivity index (χ3n) is 2.84. The third-order valence-corrected chi connectivity index (χ3v) is 2.84. The van der Waals surface area contributed by atoms with Gasteiger partial charge in [0.25, 0.3) is 0 Å². The van der Waals surface area contributed by atoms with Crippen LogP contribution in [0.2, 0.25) is 0 Å². The predicted octanol–water partition coefficient (Wildman–Crippen LogP) is 2.33. The van der Waals surface area contributed by atoms with Crippen LogP contribution in [0, 0.1) is 5.82 Å². The molecule has 1 saturated heterocycles. The molecule has 82 valence electrons. The van der Waals surface area contributed by atoms with E-state index in [0.29, 0.717) is 6.04 Å². The van der Waals surface area contributed by atoms with Crippen molar-refractivity contribution < 1.29 is 4.39 Å². The number of nitrogens with one attached hydrogen (secondary N) is 1. The summed E-state index contributed by atoms with van der Waals surface area (Å²) < 4.78 is 12.7. The van der Waals surface area contributed by atoms with Crippen molar-refractivity contribution in [1.82, 2.24) is 4.90 Å². The second-order valence-electron chi connectivity index (χ2n) is 4.25. The molecule has 1 fully saturated rings. The lowest BCUT2D eigenvalue weighted by Gasteiger charge is -2.30. The topological polar surface area (TPSA) is 15.3 Å². The van der Waals surface area contributed by atoms with Gasteiger partial charge < -0.3 is 10.2 Å². The first-order chi connectivity index (χ1) is 7.24. The maximum atomic E-state index is 12.7.